The summed E-state index contributed by atoms with van der Waals surface area (Å²) in [5, 5.41) is 0. The van der Waals surface area contributed by atoms with E-state index in [2.05, 4.69) is 18.2 Å². The van der Waals surface area contributed by atoms with Crippen molar-refractivity contribution in [1.29, 1.82) is 0 Å². The van der Waals surface area contributed by atoms with Crippen molar-refractivity contribution < 1.29 is 9.53 Å². The number of thioether (sulfide) groups is 1. The third kappa shape index (κ3) is 1.93. The number of hydrogen-bond donors (Lipinski definition) is 0. The molecule has 2 nitrogen and oxygen atoms in total. The second-order valence-corrected chi connectivity index (χ2v) is 6.36. The zero-order valence-corrected chi connectivity index (χ0v) is 12.4. The Morgan fingerprint density at radius 2 is 1.75 bits per heavy atom. The molecule has 0 spiro atoms. The van der Waals surface area contributed by atoms with E-state index < -0.39 is 4.75 Å². The maximum absolute atomic E-state index is 12.4. The summed E-state index contributed by atoms with van der Waals surface area (Å²) in [5.41, 5.74) is 3.34. The van der Waals surface area contributed by atoms with Crippen molar-refractivity contribution in [2.24, 2.45) is 0 Å². The van der Waals surface area contributed by atoms with Gasteiger partial charge < -0.3 is 4.74 Å². The highest BCUT2D eigenvalue weighted by molar-refractivity contribution is 8.01. The fraction of sp³-hybridized carbons (Fsp3) is 0.235. The number of hydrogen-bond acceptors (Lipinski definition) is 3. The molecule has 1 heterocycles. The molecule has 0 saturated heterocycles. The van der Waals surface area contributed by atoms with Gasteiger partial charge in [-0.1, -0.05) is 42.5 Å². The van der Waals surface area contributed by atoms with Gasteiger partial charge in [-0.2, -0.15) is 0 Å². The van der Waals surface area contributed by atoms with E-state index in [0.29, 0.717) is 6.61 Å². The van der Waals surface area contributed by atoms with Crippen LogP contribution in [0.25, 0.3) is 11.1 Å². The van der Waals surface area contributed by atoms with E-state index in [4.69, 9.17) is 4.74 Å². The standard InChI is InChI=1S/C17H16O2S/c1-3-19-16(18)17(2)14-10-6-4-8-12(14)13-9-5-7-11-15(13)20-17/h4-11H,3H2,1-2H3. The minimum atomic E-state index is -0.680. The van der Waals surface area contributed by atoms with Crippen LogP contribution in [0.15, 0.2) is 53.4 Å². The maximum Gasteiger partial charge on any atom is 0.326 e. The van der Waals surface area contributed by atoms with Gasteiger partial charge in [0.15, 0.2) is 0 Å². The lowest BCUT2D eigenvalue weighted by atomic mass is 9.90. The molecule has 2 aromatic carbocycles. The molecule has 20 heavy (non-hydrogen) atoms. The molecular weight excluding hydrogens is 268 g/mol. The number of esters is 1. The van der Waals surface area contributed by atoms with Crippen molar-refractivity contribution >= 4 is 17.7 Å². The topological polar surface area (TPSA) is 26.3 Å². The molecule has 3 heteroatoms. The zero-order chi connectivity index (χ0) is 14.2. The molecule has 1 unspecified atom stereocenters. The lowest BCUT2D eigenvalue weighted by Gasteiger charge is -2.34. The molecule has 1 aliphatic rings. The molecule has 102 valence electrons. The number of carbonyl (C=O) groups excluding carboxylic acids is 1. The fourth-order valence-corrected chi connectivity index (χ4v) is 3.91. The molecule has 0 aliphatic carbocycles. The van der Waals surface area contributed by atoms with E-state index >= 15 is 0 Å². The second kappa shape index (κ2) is 4.98. The van der Waals surface area contributed by atoms with Gasteiger partial charge in [-0.3, -0.25) is 4.79 Å². The molecule has 0 saturated carbocycles. The van der Waals surface area contributed by atoms with E-state index in [0.717, 1.165) is 16.0 Å². The number of rotatable bonds is 2. The number of fused-ring (bicyclic) bond motifs is 3. The summed E-state index contributed by atoms with van der Waals surface area (Å²) in [6, 6.07) is 16.3. The fourth-order valence-electron chi connectivity index (χ4n) is 2.61. The van der Waals surface area contributed by atoms with Gasteiger partial charge in [-0.05, 0) is 36.6 Å². The van der Waals surface area contributed by atoms with E-state index in [-0.39, 0.29) is 5.97 Å². The highest BCUT2D eigenvalue weighted by Crippen LogP contribution is 2.52. The van der Waals surface area contributed by atoms with Gasteiger partial charge in [0, 0.05) is 4.90 Å². The Hall–Kier alpha value is -1.74. The molecule has 1 atom stereocenters. The summed E-state index contributed by atoms with van der Waals surface area (Å²) < 4.78 is 4.62. The van der Waals surface area contributed by atoms with Crippen molar-refractivity contribution in [1.82, 2.24) is 0 Å². The summed E-state index contributed by atoms with van der Waals surface area (Å²) in [4.78, 5) is 13.6. The van der Waals surface area contributed by atoms with Crippen LogP contribution in [0.2, 0.25) is 0 Å². The summed E-state index contributed by atoms with van der Waals surface area (Å²) >= 11 is 1.58. The zero-order valence-electron chi connectivity index (χ0n) is 11.6. The second-order valence-electron chi connectivity index (χ2n) is 4.90. The Balaban J connectivity index is 2.20. The van der Waals surface area contributed by atoms with Crippen LogP contribution in [-0.4, -0.2) is 12.6 Å². The monoisotopic (exact) mass is 284 g/mol. The summed E-state index contributed by atoms with van der Waals surface area (Å²) in [6.45, 7) is 4.19. The molecule has 2 aromatic rings. The lowest BCUT2D eigenvalue weighted by molar-refractivity contribution is -0.145. The smallest absolute Gasteiger partial charge is 0.326 e. The summed E-state index contributed by atoms with van der Waals surface area (Å²) in [6.07, 6.45) is 0. The van der Waals surface area contributed by atoms with Gasteiger partial charge in [0.25, 0.3) is 0 Å². The molecule has 1 aliphatic heterocycles. The van der Waals surface area contributed by atoms with Crippen LogP contribution in [0, 0.1) is 0 Å². The molecule has 0 N–H and O–H groups in total. The first-order valence-corrected chi connectivity index (χ1v) is 7.53. The number of benzene rings is 2. The Kier molecular flexibility index (Phi) is 3.30. The number of carbonyl (C=O) groups is 1. The highest BCUT2D eigenvalue weighted by Gasteiger charge is 2.43. The lowest BCUT2D eigenvalue weighted by Crippen LogP contribution is -2.33. The largest absolute Gasteiger partial charge is 0.465 e. The number of ether oxygens (including phenoxy) is 1. The quantitative estimate of drug-likeness (QED) is 0.772. The van der Waals surface area contributed by atoms with Crippen molar-refractivity contribution in [3.63, 3.8) is 0 Å². The van der Waals surface area contributed by atoms with Crippen LogP contribution in [0.4, 0.5) is 0 Å². The summed E-state index contributed by atoms with van der Waals surface area (Å²) in [5.74, 6) is -0.174. The third-order valence-electron chi connectivity index (χ3n) is 3.60. The van der Waals surface area contributed by atoms with Gasteiger partial charge in [-0.25, -0.2) is 0 Å². The molecule has 0 bridgehead atoms. The van der Waals surface area contributed by atoms with Crippen LogP contribution in [0.3, 0.4) is 0 Å². The Morgan fingerprint density at radius 1 is 1.10 bits per heavy atom. The molecule has 0 amide bonds. The molecule has 3 rings (SSSR count). The van der Waals surface area contributed by atoms with Crippen LogP contribution in [-0.2, 0) is 14.3 Å². The molecule has 0 radical (unpaired) electrons. The highest BCUT2D eigenvalue weighted by atomic mass is 32.2. The first-order valence-electron chi connectivity index (χ1n) is 6.72. The Bertz CT molecular complexity index is 666. The molecule has 0 aromatic heterocycles. The minimum Gasteiger partial charge on any atom is -0.465 e. The van der Waals surface area contributed by atoms with Crippen molar-refractivity contribution in [2.45, 2.75) is 23.5 Å². The van der Waals surface area contributed by atoms with Gasteiger partial charge in [0.1, 0.15) is 4.75 Å². The van der Waals surface area contributed by atoms with Crippen molar-refractivity contribution in [3.8, 4) is 11.1 Å². The van der Waals surface area contributed by atoms with Gasteiger partial charge >= 0.3 is 5.97 Å². The molecular formula is C17H16O2S. The Labute approximate surface area is 123 Å². The SMILES string of the molecule is CCOC(=O)C1(C)Sc2ccccc2-c2ccccc21. The van der Waals surface area contributed by atoms with E-state index in [1.54, 1.807) is 11.8 Å². The van der Waals surface area contributed by atoms with Crippen LogP contribution in [0.5, 0.6) is 0 Å². The minimum absolute atomic E-state index is 0.174. The van der Waals surface area contributed by atoms with E-state index in [1.807, 2.05) is 44.2 Å². The average molecular weight is 284 g/mol. The van der Waals surface area contributed by atoms with Crippen LogP contribution < -0.4 is 0 Å². The predicted molar refractivity (Wildman–Crippen MR) is 81.7 cm³/mol. The van der Waals surface area contributed by atoms with Crippen molar-refractivity contribution in [3.05, 3.63) is 54.1 Å². The Morgan fingerprint density at radius 3 is 2.50 bits per heavy atom. The normalized spacial score (nSPS) is 19.9. The third-order valence-corrected chi connectivity index (χ3v) is 4.97. The van der Waals surface area contributed by atoms with Gasteiger partial charge in [0.2, 0.25) is 0 Å². The summed E-state index contributed by atoms with van der Waals surface area (Å²) in [7, 11) is 0. The van der Waals surface area contributed by atoms with Crippen molar-refractivity contribution in [2.75, 3.05) is 6.61 Å². The molecule has 0 fully saturated rings. The maximum atomic E-state index is 12.4. The average Bonchev–Trinajstić information content (AvgIpc) is 2.48. The first kappa shape index (κ1) is 13.3. The van der Waals surface area contributed by atoms with Crippen LogP contribution in [0.1, 0.15) is 19.4 Å². The van der Waals surface area contributed by atoms with E-state index in [1.165, 1.54) is 5.56 Å². The predicted octanol–water partition coefficient (Wildman–Crippen LogP) is 4.24. The van der Waals surface area contributed by atoms with Gasteiger partial charge in [0.05, 0.1) is 6.61 Å². The van der Waals surface area contributed by atoms with E-state index in [9.17, 15) is 4.79 Å². The van der Waals surface area contributed by atoms with Crippen LogP contribution >= 0.6 is 11.8 Å². The first-order chi connectivity index (χ1) is 9.66. The van der Waals surface area contributed by atoms with Gasteiger partial charge in [-0.15, -0.1) is 11.8 Å².